The first-order valence-electron chi connectivity index (χ1n) is 9.50. The van der Waals surface area contributed by atoms with E-state index in [1.54, 1.807) is 10.6 Å². The molecule has 0 fully saturated rings. The van der Waals surface area contributed by atoms with Crippen LogP contribution in [-0.4, -0.2) is 20.7 Å². The fraction of sp³-hybridized carbons (Fsp3) is 0.318. The molecule has 0 saturated carbocycles. The van der Waals surface area contributed by atoms with Crippen molar-refractivity contribution in [2.24, 2.45) is 0 Å². The van der Waals surface area contributed by atoms with Crippen LogP contribution in [0.4, 0.5) is 0 Å². The molecule has 28 heavy (non-hydrogen) atoms. The molecule has 0 spiro atoms. The van der Waals surface area contributed by atoms with E-state index in [4.69, 9.17) is 4.98 Å². The first kappa shape index (κ1) is 20.1. The zero-order chi connectivity index (χ0) is 20.1. The number of carbonyl (C=O) groups excluding carboxylic acids is 1. The van der Waals surface area contributed by atoms with Crippen molar-refractivity contribution in [3.05, 3.63) is 70.5 Å². The van der Waals surface area contributed by atoms with Crippen molar-refractivity contribution < 1.29 is 4.79 Å². The van der Waals surface area contributed by atoms with Crippen molar-refractivity contribution in [3.63, 3.8) is 0 Å². The highest BCUT2D eigenvalue weighted by atomic mass is 32.2. The Labute approximate surface area is 169 Å². The quantitative estimate of drug-likeness (QED) is 0.482. The van der Waals surface area contributed by atoms with Gasteiger partial charge < -0.3 is 5.32 Å². The summed E-state index contributed by atoms with van der Waals surface area (Å²) in [5.41, 5.74) is 1.65. The first-order valence-corrected chi connectivity index (χ1v) is 10.4. The summed E-state index contributed by atoms with van der Waals surface area (Å²) in [6.07, 6.45) is 0.645. The molecular weight excluding hydrogens is 370 g/mol. The zero-order valence-electron chi connectivity index (χ0n) is 16.4. The van der Waals surface area contributed by atoms with Gasteiger partial charge in [0.2, 0.25) is 5.91 Å². The van der Waals surface area contributed by atoms with Gasteiger partial charge in [-0.25, -0.2) is 4.98 Å². The van der Waals surface area contributed by atoms with Crippen molar-refractivity contribution in [1.29, 1.82) is 0 Å². The second-order valence-corrected chi connectivity index (χ2v) is 8.07. The highest BCUT2D eigenvalue weighted by Crippen LogP contribution is 2.26. The summed E-state index contributed by atoms with van der Waals surface area (Å²) < 4.78 is 1.68. The third-order valence-electron chi connectivity index (χ3n) is 4.51. The topological polar surface area (TPSA) is 64.0 Å². The first-order chi connectivity index (χ1) is 13.5. The van der Waals surface area contributed by atoms with Gasteiger partial charge in [-0.3, -0.25) is 14.2 Å². The van der Waals surface area contributed by atoms with Crippen LogP contribution >= 0.6 is 11.8 Å². The van der Waals surface area contributed by atoms with Gasteiger partial charge in [0.15, 0.2) is 5.16 Å². The second kappa shape index (κ2) is 9.06. The number of aromatic nitrogens is 2. The summed E-state index contributed by atoms with van der Waals surface area (Å²) in [6, 6.07) is 17.1. The van der Waals surface area contributed by atoms with Gasteiger partial charge in [0.25, 0.3) is 5.56 Å². The average Bonchev–Trinajstić information content (AvgIpc) is 2.70. The van der Waals surface area contributed by atoms with Crippen molar-refractivity contribution in [3.8, 4) is 0 Å². The lowest BCUT2D eigenvalue weighted by Gasteiger charge is -2.20. The Hall–Kier alpha value is -2.60. The Morgan fingerprint density at radius 2 is 1.79 bits per heavy atom. The highest BCUT2D eigenvalue weighted by Gasteiger charge is 2.22. The second-order valence-electron chi connectivity index (χ2n) is 6.90. The molecule has 0 aliphatic heterocycles. The number of amides is 1. The van der Waals surface area contributed by atoms with E-state index in [0.29, 0.717) is 29.0 Å². The number of fused-ring (bicyclic) bond motifs is 1. The Bertz CT molecular complexity index is 1020. The lowest BCUT2D eigenvalue weighted by Crippen LogP contribution is -2.33. The molecule has 1 atom stereocenters. The van der Waals surface area contributed by atoms with Crippen molar-refractivity contribution in [2.75, 3.05) is 0 Å². The molecule has 0 aliphatic rings. The molecule has 0 saturated heterocycles. The molecule has 1 heterocycles. The van der Waals surface area contributed by atoms with Crippen LogP contribution in [0, 0.1) is 0 Å². The monoisotopic (exact) mass is 395 g/mol. The van der Waals surface area contributed by atoms with E-state index in [0.717, 1.165) is 5.56 Å². The van der Waals surface area contributed by atoms with Crippen molar-refractivity contribution >= 4 is 28.6 Å². The molecule has 6 heteroatoms. The Balaban J connectivity index is 1.85. The Morgan fingerprint density at radius 3 is 2.46 bits per heavy atom. The summed E-state index contributed by atoms with van der Waals surface area (Å²) in [4.78, 5) is 30.4. The summed E-state index contributed by atoms with van der Waals surface area (Å²) in [5, 5.41) is 3.86. The number of hydrogen-bond donors (Lipinski definition) is 1. The molecule has 1 N–H and O–H groups in total. The van der Waals surface area contributed by atoms with E-state index in [1.165, 1.54) is 11.8 Å². The van der Waals surface area contributed by atoms with E-state index >= 15 is 0 Å². The van der Waals surface area contributed by atoms with Crippen LogP contribution in [0.25, 0.3) is 10.9 Å². The zero-order valence-corrected chi connectivity index (χ0v) is 17.2. The standard InChI is InChI=1S/C22H25N3O2S/c1-4-19(20(26)23-14-16-10-6-5-7-11-16)28-22-24-18-13-9-8-12-17(18)21(27)25(22)15(2)3/h5-13,15,19H,4,14H2,1-3H3,(H,23,26). The van der Waals surface area contributed by atoms with Crippen LogP contribution in [0.1, 0.15) is 38.8 Å². The number of carbonyl (C=O) groups is 1. The van der Waals surface area contributed by atoms with E-state index < -0.39 is 0 Å². The maximum Gasteiger partial charge on any atom is 0.262 e. The average molecular weight is 396 g/mol. The van der Waals surface area contributed by atoms with E-state index in [9.17, 15) is 9.59 Å². The lowest BCUT2D eigenvalue weighted by molar-refractivity contribution is -0.120. The van der Waals surface area contributed by atoms with Crippen LogP contribution in [0.2, 0.25) is 0 Å². The van der Waals surface area contributed by atoms with Crippen LogP contribution in [0.15, 0.2) is 64.5 Å². The largest absolute Gasteiger partial charge is 0.351 e. The van der Waals surface area contributed by atoms with Crippen LogP contribution < -0.4 is 10.9 Å². The molecule has 2 aromatic carbocycles. The van der Waals surface area contributed by atoms with Crippen molar-refractivity contribution in [2.45, 2.75) is 50.2 Å². The van der Waals surface area contributed by atoms with Gasteiger partial charge in [-0.05, 0) is 38.0 Å². The highest BCUT2D eigenvalue weighted by molar-refractivity contribution is 8.00. The van der Waals surface area contributed by atoms with E-state index in [-0.39, 0.29) is 22.8 Å². The summed E-state index contributed by atoms with van der Waals surface area (Å²) >= 11 is 1.36. The molecule has 0 radical (unpaired) electrons. The number of rotatable bonds is 7. The van der Waals surface area contributed by atoms with Gasteiger partial charge in [-0.15, -0.1) is 0 Å². The third kappa shape index (κ3) is 4.44. The molecular formula is C22H25N3O2S. The lowest BCUT2D eigenvalue weighted by atomic mass is 10.2. The normalized spacial score (nSPS) is 12.3. The van der Waals surface area contributed by atoms with Crippen LogP contribution in [0.3, 0.4) is 0 Å². The SMILES string of the molecule is CCC(Sc1nc2ccccc2c(=O)n1C(C)C)C(=O)NCc1ccccc1. The van der Waals surface area contributed by atoms with Crippen LogP contribution in [-0.2, 0) is 11.3 Å². The molecule has 0 bridgehead atoms. The third-order valence-corrected chi connectivity index (χ3v) is 5.84. The predicted molar refractivity (Wildman–Crippen MR) is 115 cm³/mol. The summed E-state index contributed by atoms with van der Waals surface area (Å²) in [6.45, 7) is 6.37. The minimum atomic E-state index is -0.318. The van der Waals surface area contributed by atoms with Crippen molar-refractivity contribution in [1.82, 2.24) is 14.9 Å². The molecule has 146 valence electrons. The fourth-order valence-electron chi connectivity index (χ4n) is 3.01. The number of nitrogens with one attached hydrogen (secondary N) is 1. The fourth-order valence-corrected chi connectivity index (χ4v) is 4.18. The van der Waals surface area contributed by atoms with E-state index in [2.05, 4.69) is 5.32 Å². The molecule has 3 aromatic rings. The predicted octanol–water partition coefficient (Wildman–Crippen LogP) is 4.16. The molecule has 1 unspecified atom stereocenters. The summed E-state index contributed by atoms with van der Waals surface area (Å²) in [7, 11) is 0. The number of thioether (sulfide) groups is 1. The van der Waals surface area contributed by atoms with Gasteiger partial charge in [-0.2, -0.15) is 0 Å². The Morgan fingerprint density at radius 1 is 1.11 bits per heavy atom. The van der Waals surface area contributed by atoms with Gasteiger partial charge in [0.1, 0.15) is 0 Å². The molecule has 1 aromatic heterocycles. The molecule has 5 nitrogen and oxygen atoms in total. The maximum atomic E-state index is 13.0. The smallest absolute Gasteiger partial charge is 0.262 e. The molecule has 3 rings (SSSR count). The van der Waals surface area contributed by atoms with Crippen LogP contribution in [0.5, 0.6) is 0 Å². The maximum absolute atomic E-state index is 13.0. The summed E-state index contributed by atoms with van der Waals surface area (Å²) in [5.74, 6) is -0.0472. The number of para-hydroxylation sites is 1. The minimum Gasteiger partial charge on any atom is -0.351 e. The Kier molecular flexibility index (Phi) is 6.52. The molecule has 0 aliphatic carbocycles. The minimum absolute atomic E-state index is 0.0445. The van der Waals surface area contributed by atoms with Gasteiger partial charge in [-0.1, -0.05) is 61.2 Å². The molecule has 1 amide bonds. The van der Waals surface area contributed by atoms with Gasteiger partial charge in [0.05, 0.1) is 16.2 Å². The van der Waals surface area contributed by atoms with Gasteiger partial charge in [0, 0.05) is 12.6 Å². The number of hydrogen-bond acceptors (Lipinski definition) is 4. The van der Waals surface area contributed by atoms with Gasteiger partial charge >= 0.3 is 0 Å². The number of benzene rings is 2. The number of nitrogens with zero attached hydrogens (tertiary/aromatic N) is 2. The van der Waals surface area contributed by atoms with E-state index in [1.807, 2.05) is 69.3 Å².